The van der Waals surface area contributed by atoms with Gasteiger partial charge in [0, 0.05) is 17.8 Å². The minimum Gasteiger partial charge on any atom is -0.479 e. The van der Waals surface area contributed by atoms with E-state index in [9.17, 15) is 18.3 Å². The van der Waals surface area contributed by atoms with E-state index in [2.05, 4.69) is 5.32 Å². The molecule has 0 aliphatic rings. The van der Waals surface area contributed by atoms with Crippen LogP contribution in [0, 0.1) is 5.41 Å². The van der Waals surface area contributed by atoms with Crippen LogP contribution in [-0.2, 0) is 21.4 Å². The molecule has 0 bridgehead atoms. The molecule has 7 N–H and O–H groups in total. The van der Waals surface area contributed by atoms with Gasteiger partial charge in [0.05, 0.1) is 5.69 Å². The third-order valence-electron chi connectivity index (χ3n) is 4.81. The summed E-state index contributed by atoms with van der Waals surface area (Å²) < 4.78 is 25.5. The van der Waals surface area contributed by atoms with Crippen molar-refractivity contribution in [2.45, 2.75) is 39.2 Å². The fourth-order valence-electron chi connectivity index (χ4n) is 3.12. The Balaban J connectivity index is 0.00000512. The Labute approximate surface area is 194 Å². The number of hydrogen-bond donors (Lipinski definition) is 5. The van der Waals surface area contributed by atoms with Gasteiger partial charge in [-0.25, -0.2) is 9.93 Å². The van der Waals surface area contributed by atoms with Crippen molar-refractivity contribution in [3.63, 3.8) is 0 Å². The first-order valence-electron chi connectivity index (χ1n) is 9.95. The molecule has 1 unspecified atom stereocenters. The fourth-order valence-corrected chi connectivity index (χ4v) is 3.90. The molecule has 0 amide bonds. The first-order valence-corrected chi connectivity index (χ1v) is 11.4. The van der Waals surface area contributed by atoms with Crippen molar-refractivity contribution >= 4 is 45.8 Å². The molecule has 0 saturated heterocycles. The number of nitrogens with zero attached hydrogens (tertiary/aromatic N) is 1. The maximum atomic E-state index is 12.2. The maximum absolute atomic E-state index is 12.2. The van der Waals surface area contributed by atoms with Crippen molar-refractivity contribution in [2.24, 2.45) is 10.9 Å². The van der Waals surface area contributed by atoms with Gasteiger partial charge in [0.1, 0.15) is 5.84 Å². The number of carboxylic acid groups (broad SMARTS) is 1. The summed E-state index contributed by atoms with van der Waals surface area (Å²) in [6, 6.07) is 10.4. The molecule has 32 heavy (non-hydrogen) atoms. The van der Waals surface area contributed by atoms with Crippen molar-refractivity contribution in [3.8, 4) is 0 Å². The Kier molecular flexibility index (Phi) is 9.95. The number of rotatable bonds is 11. The minimum absolute atomic E-state index is 0. The average molecular weight is 484 g/mol. The number of anilines is 2. The zero-order chi connectivity index (χ0) is 23.2. The minimum atomic E-state index is -4.02. The molecule has 0 aromatic heterocycles. The summed E-state index contributed by atoms with van der Waals surface area (Å²) in [5.74, 6) is -1.21. The van der Waals surface area contributed by atoms with Crippen LogP contribution < -0.4 is 20.5 Å². The number of aryl methyl sites for hydroxylation is 1. The van der Waals surface area contributed by atoms with Crippen molar-refractivity contribution < 1.29 is 18.3 Å². The molecule has 2 aromatic carbocycles. The van der Waals surface area contributed by atoms with Crippen molar-refractivity contribution in [1.82, 2.24) is 0 Å². The number of carboxylic acids is 1. The number of carbonyl (C=O) groups is 1. The highest BCUT2D eigenvalue weighted by Gasteiger charge is 2.24. The van der Waals surface area contributed by atoms with Crippen molar-refractivity contribution in [1.29, 1.82) is 5.41 Å². The molecular formula is C21H30ClN5O4S. The summed E-state index contributed by atoms with van der Waals surface area (Å²) in [4.78, 5) is 12.1. The number of hydrogen-bond acceptors (Lipinski definition) is 5. The van der Waals surface area contributed by atoms with Crippen molar-refractivity contribution in [2.75, 3.05) is 16.2 Å². The second-order valence-electron chi connectivity index (χ2n) is 7.16. The molecule has 9 nitrogen and oxygen atoms in total. The van der Waals surface area contributed by atoms with E-state index < -0.39 is 22.2 Å². The molecule has 176 valence electrons. The van der Waals surface area contributed by atoms with E-state index in [1.807, 2.05) is 13.8 Å². The van der Waals surface area contributed by atoms with Gasteiger partial charge < -0.3 is 16.2 Å². The molecule has 0 saturated carbocycles. The number of nitrogens with two attached hydrogens (primary N) is 2. The number of unbranched alkanes of at least 4 members (excludes halogenated alkanes) is 1. The zero-order valence-corrected chi connectivity index (χ0v) is 19.7. The van der Waals surface area contributed by atoms with Crippen LogP contribution in [-0.4, -0.2) is 31.9 Å². The van der Waals surface area contributed by atoms with Gasteiger partial charge in [-0.15, -0.1) is 12.4 Å². The number of nitrogens with one attached hydrogen (secondary N) is 2. The monoisotopic (exact) mass is 483 g/mol. The van der Waals surface area contributed by atoms with Crippen LogP contribution in [0.2, 0.25) is 0 Å². The van der Waals surface area contributed by atoms with Crippen LogP contribution in [0.25, 0.3) is 0 Å². The van der Waals surface area contributed by atoms with Gasteiger partial charge >= 0.3 is 5.97 Å². The normalized spacial score (nSPS) is 11.8. The summed E-state index contributed by atoms with van der Waals surface area (Å²) >= 11 is 0. The van der Waals surface area contributed by atoms with Crippen LogP contribution >= 0.6 is 12.4 Å². The molecule has 2 rings (SSSR count). The van der Waals surface area contributed by atoms with Crippen LogP contribution in [0.5, 0.6) is 0 Å². The summed E-state index contributed by atoms with van der Waals surface area (Å²) in [6.07, 6.45) is 1.99. The lowest BCUT2D eigenvalue weighted by Gasteiger charge is -2.25. The molecule has 0 aliphatic heterocycles. The Bertz CT molecular complexity index is 1040. The number of amidine groups is 1. The van der Waals surface area contributed by atoms with E-state index in [0.717, 1.165) is 16.3 Å². The molecule has 0 aliphatic carbocycles. The predicted molar refractivity (Wildman–Crippen MR) is 130 cm³/mol. The van der Waals surface area contributed by atoms with Gasteiger partial charge in [0.15, 0.2) is 6.04 Å². The summed E-state index contributed by atoms with van der Waals surface area (Å²) in [6.45, 7) is 4.05. The Morgan fingerprint density at radius 2 is 1.81 bits per heavy atom. The highest BCUT2D eigenvalue weighted by atomic mass is 35.5. The second-order valence-corrected chi connectivity index (χ2v) is 8.63. The number of nitrogen functional groups attached to an aromatic ring is 1. The van der Waals surface area contributed by atoms with Crippen LogP contribution in [0.4, 0.5) is 11.4 Å². The maximum Gasteiger partial charge on any atom is 0.330 e. The highest BCUT2D eigenvalue weighted by Crippen LogP contribution is 2.28. The largest absolute Gasteiger partial charge is 0.479 e. The predicted octanol–water partition coefficient (Wildman–Crippen LogP) is 3.00. The van der Waals surface area contributed by atoms with E-state index >= 15 is 0 Å². The molecule has 0 fully saturated rings. The quantitative estimate of drug-likeness (QED) is 0.243. The molecule has 0 radical (unpaired) electrons. The molecule has 0 spiro atoms. The number of halogens is 1. The average Bonchev–Trinajstić information content (AvgIpc) is 2.71. The van der Waals surface area contributed by atoms with Crippen molar-refractivity contribution in [3.05, 3.63) is 59.2 Å². The fraction of sp³-hybridized carbons (Fsp3) is 0.333. The van der Waals surface area contributed by atoms with Gasteiger partial charge in [-0.1, -0.05) is 26.3 Å². The topological polar surface area (TPSA) is 163 Å². The third-order valence-corrected chi connectivity index (χ3v) is 5.81. The van der Waals surface area contributed by atoms with Crippen LogP contribution in [0.1, 0.15) is 49.4 Å². The smallest absolute Gasteiger partial charge is 0.330 e. The molecule has 0 heterocycles. The van der Waals surface area contributed by atoms with E-state index in [0.29, 0.717) is 35.3 Å². The third kappa shape index (κ3) is 7.11. The van der Waals surface area contributed by atoms with Gasteiger partial charge in [0.25, 0.3) is 10.2 Å². The molecular weight excluding hydrogens is 454 g/mol. The molecule has 1 atom stereocenters. The summed E-state index contributed by atoms with van der Waals surface area (Å²) in [5, 5.41) is 25.7. The SMILES string of the molecule is CCCCN(c1cc(CC)cc(C(Nc2ccc(C(=N)N)cc2)C(=O)O)c1)S(N)(=O)=O.Cl. The van der Waals surface area contributed by atoms with E-state index in [1.165, 1.54) is 6.07 Å². The van der Waals surface area contributed by atoms with Gasteiger partial charge in [0.2, 0.25) is 0 Å². The van der Waals surface area contributed by atoms with Gasteiger partial charge in [-0.2, -0.15) is 8.42 Å². The summed E-state index contributed by atoms with van der Waals surface area (Å²) in [5.41, 5.74) is 8.03. The second kappa shape index (κ2) is 11.7. The first kappa shape index (κ1) is 27.2. The van der Waals surface area contributed by atoms with Gasteiger partial charge in [-0.05, 0) is 60.4 Å². The van der Waals surface area contributed by atoms with Crippen LogP contribution in [0.15, 0.2) is 42.5 Å². The molecule has 11 heteroatoms. The summed E-state index contributed by atoms with van der Waals surface area (Å²) in [7, 11) is -4.02. The van der Waals surface area contributed by atoms with E-state index in [1.54, 1.807) is 36.4 Å². The van der Waals surface area contributed by atoms with Crippen LogP contribution in [0.3, 0.4) is 0 Å². The zero-order valence-electron chi connectivity index (χ0n) is 18.0. The Morgan fingerprint density at radius 3 is 2.28 bits per heavy atom. The Hall–Kier alpha value is -2.82. The number of benzene rings is 2. The lowest BCUT2D eigenvalue weighted by atomic mass is 10.0. The highest BCUT2D eigenvalue weighted by molar-refractivity contribution is 7.90. The van der Waals surface area contributed by atoms with Gasteiger partial charge in [-0.3, -0.25) is 9.71 Å². The standard InChI is InChI=1S/C21H29N5O4S.ClH/c1-3-5-10-26(31(24,29)30)18-12-14(4-2)11-16(13-18)19(21(27)28)25-17-8-6-15(7-9-17)20(22)23;/h6-9,11-13,19,25H,3-5,10H2,1-2H3,(H3,22,23)(H,27,28)(H2,24,29,30);1H. The lowest BCUT2D eigenvalue weighted by molar-refractivity contribution is -0.138. The first-order chi connectivity index (χ1) is 14.6. The Morgan fingerprint density at radius 1 is 1.19 bits per heavy atom. The number of aliphatic carboxylic acids is 1. The van der Waals surface area contributed by atoms with E-state index in [4.69, 9.17) is 16.3 Å². The molecule has 2 aromatic rings. The lowest BCUT2D eigenvalue weighted by Crippen LogP contribution is -2.37. The van der Waals surface area contributed by atoms with E-state index in [-0.39, 0.29) is 24.8 Å².